The van der Waals surface area contributed by atoms with Crippen molar-refractivity contribution in [2.75, 3.05) is 23.3 Å². The number of hydrogen-bond acceptors (Lipinski definition) is 3. The van der Waals surface area contributed by atoms with Gasteiger partial charge in [-0.1, -0.05) is 37.7 Å². The van der Waals surface area contributed by atoms with E-state index < -0.39 is 0 Å². The van der Waals surface area contributed by atoms with Crippen molar-refractivity contribution in [3.05, 3.63) is 48.0 Å². The third-order valence-electron chi connectivity index (χ3n) is 4.41. The summed E-state index contributed by atoms with van der Waals surface area (Å²) in [6.45, 7) is 7.40. The monoisotopic (exact) mass is 383 g/mol. The van der Waals surface area contributed by atoms with Gasteiger partial charge >= 0.3 is 6.03 Å². The van der Waals surface area contributed by atoms with Crippen LogP contribution in [0.1, 0.15) is 37.6 Å². The number of fused-ring (bicyclic) bond motifs is 2. The first-order valence-corrected chi connectivity index (χ1v) is 10.1. The van der Waals surface area contributed by atoms with Gasteiger partial charge in [-0.15, -0.1) is 0 Å². The summed E-state index contributed by atoms with van der Waals surface area (Å²) in [4.78, 5) is 28.8. The zero-order chi connectivity index (χ0) is 19.4. The maximum absolute atomic E-state index is 13.0. The van der Waals surface area contributed by atoms with E-state index in [0.717, 1.165) is 21.9 Å². The summed E-state index contributed by atoms with van der Waals surface area (Å²) in [5.41, 5.74) is 2.21. The minimum Gasteiger partial charge on any atom is -0.338 e. The van der Waals surface area contributed by atoms with Gasteiger partial charge in [0.15, 0.2) is 0 Å². The predicted octanol–water partition coefficient (Wildman–Crippen LogP) is 4.99. The van der Waals surface area contributed by atoms with Crippen molar-refractivity contribution in [3.63, 3.8) is 0 Å². The van der Waals surface area contributed by atoms with Crippen LogP contribution in [0.4, 0.5) is 16.2 Å². The first-order chi connectivity index (χ1) is 13.0. The highest BCUT2D eigenvalue weighted by Crippen LogP contribution is 2.42. The van der Waals surface area contributed by atoms with Crippen LogP contribution in [-0.4, -0.2) is 25.0 Å². The lowest BCUT2D eigenvalue weighted by Crippen LogP contribution is -2.31. The number of benzene rings is 2. The highest BCUT2D eigenvalue weighted by molar-refractivity contribution is 7.99. The van der Waals surface area contributed by atoms with Crippen LogP contribution in [0.15, 0.2) is 52.3 Å². The molecular weight excluding hydrogens is 358 g/mol. The molecule has 5 nitrogen and oxygen atoms in total. The molecule has 2 aromatic rings. The molecule has 1 heterocycles. The van der Waals surface area contributed by atoms with Crippen molar-refractivity contribution in [1.29, 1.82) is 0 Å². The Kier molecular flexibility index (Phi) is 6.06. The highest BCUT2D eigenvalue weighted by atomic mass is 32.2. The SMILES string of the molecule is CCN1C(=O)c2ccccc2Sc2ccc(NC(=O)NCCC(C)C)cc21. The second-order valence-electron chi connectivity index (χ2n) is 6.89. The van der Waals surface area contributed by atoms with Crippen LogP contribution in [0.5, 0.6) is 0 Å². The average molecular weight is 384 g/mol. The zero-order valence-electron chi connectivity index (χ0n) is 15.9. The van der Waals surface area contributed by atoms with E-state index in [1.165, 1.54) is 0 Å². The predicted molar refractivity (Wildman–Crippen MR) is 111 cm³/mol. The van der Waals surface area contributed by atoms with Crippen molar-refractivity contribution in [2.24, 2.45) is 5.92 Å². The molecule has 0 fully saturated rings. The van der Waals surface area contributed by atoms with E-state index in [-0.39, 0.29) is 11.9 Å². The molecule has 0 radical (unpaired) electrons. The molecule has 6 heteroatoms. The van der Waals surface area contributed by atoms with Gasteiger partial charge in [0, 0.05) is 28.6 Å². The zero-order valence-corrected chi connectivity index (χ0v) is 16.7. The highest BCUT2D eigenvalue weighted by Gasteiger charge is 2.26. The van der Waals surface area contributed by atoms with Gasteiger partial charge in [0.05, 0.1) is 11.3 Å². The van der Waals surface area contributed by atoms with Crippen LogP contribution >= 0.6 is 11.8 Å². The fraction of sp³-hybridized carbons (Fsp3) is 0.333. The van der Waals surface area contributed by atoms with Gasteiger partial charge in [0.2, 0.25) is 0 Å². The molecule has 0 saturated heterocycles. The second kappa shape index (κ2) is 8.48. The van der Waals surface area contributed by atoms with Crippen LogP contribution in [0, 0.1) is 5.92 Å². The van der Waals surface area contributed by atoms with E-state index in [9.17, 15) is 9.59 Å². The third kappa shape index (κ3) is 4.45. The van der Waals surface area contributed by atoms with Gasteiger partial charge < -0.3 is 15.5 Å². The third-order valence-corrected chi connectivity index (χ3v) is 5.55. The molecule has 2 aromatic carbocycles. The summed E-state index contributed by atoms with van der Waals surface area (Å²) in [6.07, 6.45) is 0.935. The lowest BCUT2D eigenvalue weighted by molar-refractivity contribution is 0.0985. The normalized spacial score (nSPS) is 13.0. The Bertz CT molecular complexity index is 851. The molecule has 0 aliphatic carbocycles. The van der Waals surface area contributed by atoms with E-state index in [2.05, 4.69) is 24.5 Å². The molecule has 0 unspecified atom stereocenters. The molecule has 3 rings (SSSR count). The maximum Gasteiger partial charge on any atom is 0.319 e. The van der Waals surface area contributed by atoms with Gasteiger partial charge in [-0.05, 0) is 49.6 Å². The molecule has 1 aliphatic heterocycles. The Balaban J connectivity index is 1.83. The van der Waals surface area contributed by atoms with Crippen LogP contribution in [0.3, 0.4) is 0 Å². The van der Waals surface area contributed by atoms with Gasteiger partial charge in [0.25, 0.3) is 5.91 Å². The van der Waals surface area contributed by atoms with Crippen LogP contribution in [-0.2, 0) is 0 Å². The summed E-state index contributed by atoms with van der Waals surface area (Å²) in [5.74, 6) is 0.526. The molecule has 0 bridgehead atoms. The van der Waals surface area contributed by atoms with Crippen molar-refractivity contribution >= 4 is 35.1 Å². The van der Waals surface area contributed by atoms with Crippen molar-refractivity contribution in [3.8, 4) is 0 Å². The second-order valence-corrected chi connectivity index (χ2v) is 7.98. The molecule has 0 spiro atoms. The van der Waals surface area contributed by atoms with Gasteiger partial charge in [-0.3, -0.25) is 4.79 Å². The average Bonchev–Trinajstić information content (AvgIpc) is 2.75. The number of carbonyl (C=O) groups is 2. The van der Waals surface area contributed by atoms with Gasteiger partial charge in [-0.25, -0.2) is 4.79 Å². The summed E-state index contributed by atoms with van der Waals surface area (Å²) in [5, 5.41) is 5.74. The fourth-order valence-electron chi connectivity index (χ4n) is 2.96. The molecule has 0 aromatic heterocycles. The summed E-state index contributed by atoms with van der Waals surface area (Å²) in [6, 6.07) is 13.1. The van der Waals surface area contributed by atoms with Crippen molar-refractivity contribution < 1.29 is 9.59 Å². The minimum absolute atomic E-state index is 0.0158. The van der Waals surface area contributed by atoms with E-state index >= 15 is 0 Å². The number of rotatable bonds is 5. The molecule has 1 aliphatic rings. The number of hydrogen-bond donors (Lipinski definition) is 2. The molecule has 3 amide bonds. The Morgan fingerprint density at radius 1 is 1.15 bits per heavy atom. The standard InChI is InChI=1S/C21H25N3O2S/c1-4-24-17-13-15(23-21(26)22-12-11-14(2)3)9-10-19(17)27-18-8-6-5-7-16(18)20(24)25/h5-10,13-14H,4,11-12H2,1-3H3,(H2,22,23,26). The quantitative estimate of drug-likeness (QED) is 0.765. The molecular formula is C21H25N3O2S. The van der Waals surface area contributed by atoms with E-state index in [1.807, 2.05) is 49.4 Å². The lowest BCUT2D eigenvalue weighted by atomic mass is 10.1. The smallest absolute Gasteiger partial charge is 0.319 e. The largest absolute Gasteiger partial charge is 0.338 e. The van der Waals surface area contributed by atoms with E-state index in [0.29, 0.717) is 30.3 Å². The first kappa shape index (κ1) is 19.3. The van der Waals surface area contributed by atoms with Crippen LogP contribution in [0.2, 0.25) is 0 Å². The number of amides is 3. The molecule has 0 saturated carbocycles. The van der Waals surface area contributed by atoms with E-state index in [1.54, 1.807) is 16.7 Å². The van der Waals surface area contributed by atoms with Gasteiger partial charge in [0.1, 0.15) is 0 Å². The maximum atomic E-state index is 13.0. The topological polar surface area (TPSA) is 61.4 Å². The lowest BCUT2D eigenvalue weighted by Gasteiger charge is -2.22. The number of carbonyl (C=O) groups excluding carboxylic acids is 2. The molecule has 142 valence electrons. The van der Waals surface area contributed by atoms with Gasteiger partial charge in [-0.2, -0.15) is 0 Å². The number of anilines is 2. The summed E-state index contributed by atoms with van der Waals surface area (Å²) >= 11 is 1.58. The number of urea groups is 1. The van der Waals surface area contributed by atoms with Crippen LogP contribution < -0.4 is 15.5 Å². The first-order valence-electron chi connectivity index (χ1n) is 9.27. The van der Waals surface area contributed by atoms with Crippen LogP contribution in [0.25, 0.3) is 0 Å². The number of nitrogens with one attached hydrogen (secondary N) is 2. The Morgan fingerprint density at radius 3 is 2.67 bits per heavy atom. The Hall–Kier alpha value is -2.47. The minimum atomic E-state index is -0.227. The summed E-state index contributed by atoms with van der Waals surface area (Å²) in [7, 11) is 0. The fourth-order valence-corrected chi connectivity index (χ4v) is 4.02. The Morgan fingerprint density at radius 2 is 1.93 bits per heavy atom. The molecule has 0 atom stereocenters. The Labute approximate surface area is 164 Å². The molecule has 27 heavy (non-hydrogen) atoms. The number of nitrogens with zero attached hydrogens (tertiary/aromatic N) is 1. The summed E-state index contributed by atoms with van der Waals surface area (Å²) < 4.78 is 0. The van der Waals surface area contributed by atoms with Crippen molar-refractivity contribution in [2.45, 2.75) is 37.0 Å². The van der Waals surface area contributed by atoms with Crippen molar-refractivity contribution in [1.82, 2.24) is 5.32 Å². The molecule has 2 N–H and O–H groups in total. The van der Waals surface area contributed by atoms with E-state index in [4.69, 9.17) is 0 Å².